The highest BCUT2D eigenvalue weighted by Gasteiger charge is 2.23. The minimum atomic E-state index is -0.196. The van der Waals surface area contributed by atoms with Crippen LogP contribution in [-0.2, 0) is 0 Å². The number of hydrogen-bond donors (Lipinski definition) is 2. The van der Waals surface area contributed by atoms with Gasteiger partial charge in [-0.1, -0.05) is 6.42 Å². The number of rotatable bonds is 4. The lowest BCUT2D eigenvalue weighted by Crippen LogP contribution is -2.52. The van der Waals surface area contributed by atoms with Crippen LogP contribution < -0.4 is 5.43 Å². The summed E-state index contributed by atoms with van der Waals surface area (Å²) in [6.07, 6.45) is 4.54. The molecule has 1 rings (SSSR count). The molecule has 3 nitrogen and oxygen atoms in total. The van der Waals surface area contributed by atoms with Crippen LogP contribution >= 0.6 is 0 Å². The maximum Gasteiger partial charge on any atom is 0.0524 e. The highest BCUT2D eigenvalue weighted by Crippen LogP contribution is 2.19. The van der Waals surface area contributed by atoms with Crippen LogP contribution in [-0.4, -0.2) is 34.8 Å². The Labute approximate surface area is 87.5 Å². The van der Waals surface area contributed by atoms with E-state index in [-0.39, 0.29) is 6.10 Å². The number of hydrogen-bond acceptors (Lipinski definition) is 3. The van der Waals surface area contributed by atoms with E-state index in [2.05, 4.69) is 24.3 Å². The number of aliphatic hydroxyl groups is 1. The molecule has 1 saturated heterocycles. The summed E-state index contributed by atoms with van der Waals surface area (Å²) < 4.78 is 0. The topological polar surface area (TPSA) is 35.5 Å². The minimum Gasteiger partial charge on any atom is -0.393 e. The van der Waals surface area contributed by atoms with E-state index in [1.807, 2.05) is 6.92 Å². The minimum absolute atomic E-state index is 0.196. The molecule has 0 bridgehead atoms. The monoisotopic (exact) mass is 200 g/mol. The van der Waals surface area contributed by atoms with Crippen molar-refractivity contribution < 1.29 is 5.11 Å². The van der Waals surface area contributed by atoms with Crippen molar-refractivity contribution in [2.24, 2.45) is 0 Å². The summed E-state index contributed by atoms with van der Waals surface area (Å²) in [4.78, 5) is 0. The molecule has 1 aliphatic rings. The zero-order valence-corrected chi connectivity index (χ0v) is 9.66. The van der Waals surface area contributed by atoms with Gasteiger partial charge in [0.1, 0.15) is 0 Å². The molecule has 3 heteroatoms. The van der Waals surface area contributed by atoms with Gasteiger partial charge in [-0.3, -0.25) is 5.43 Å². The molecule has 3 unspecified atom stereocenters. The van der Waals surface area contributed by atoms with Crippen molar-refractivity contribution in [3.63, 3.8) is 0 Å². The normalized spacial score (nSPS) is 31.7. The number of aliphatic hydroxyl groups excluding tert-OH is 1. The summed E-state index contributed by atoms with van der Waals surface area (Å²) >= 11 is 0. The van der Waals surface area contributed by atoms with Gasteiger partial charge in [-0.15, -0.1) is 0 Å². The summed E-state index contributed by atoms with van der Waals surface area (Å²) in [7, 11) is 0. The van der Waals surface area contributed by atoms with Crippen molar-refractivity contribution in [1.29, 1.82) is 0 Å². The van der Waals surface area contributed by atoms with E-state index in [4.69, 9.17) is 5.11 Å². The molecule has 0 amide bonds. The quantitative estimate of drug-likeness (QED) is 0.722. The third kappa shape index (κ3) is 3.56. The van der Waals surface area contributed by atoms with E-state index in [0.717, 1.165) is 13.0 Å². The van der Waals surface area contributed by atoms with Crippen LogP contribution in [0.2, 0.25) is 0 Å². The highest BCUT2D eigenvalue weighted by atomic mass is 16.3. The van der Waals surface area contributed by atoms with Crippen LogP contribution in [0.3, 0.4) is 0 Å². The molecule has 0 saturated carbocycles. The second kappa shape index (κ2) is 5.69. The molecule has 1 fully saturated rings. The van der Waals surface area contributed by atoms with Crippen molar-refractivity contribution >= 4 is 0 Å². The maximum absolute atomic E-state index is 9.16. The van der Waals surface area contributed by atoms with Crippen molar-refractivity contribution in [2.45, 2.75) is 64.6 Å². The molecule has 2 N–H and O–H groups in total. The Hall–Kier alpha value is -0.120. The molecule has 0 aromatic rings. The Morgan fingerprint density at radius 1 is 1.36 bits per heavy atom. The first-order valence-electron chi connectivity index (χ1n) is 5.81. The summed E-state index contributed by atoms with van der Waals surface area (Å²) in [6, 6.07) is 1.26. The first-order chi connectivity index (χ1) is 6.61. The Balaban J connectivity index is 2.26. The summed E-state index contributed by atoms with van der Waals surface area (Å²) in [5.74, 6) is 0. The van der Waals surface area contributed by atoms with Gasteiger partial charge in [-0.2, -0.15) is 0 Å². The summed E-state index contributed by atoms with van der Waals surface area (Å²) in [5.41, 5.74) is 3.43. The predicted molar refractivity (Wildman–Crippen MR) is 58.9 cm³/mol. The fraction of sp³-hybridized carbons (Fsp3) is 1.00. The predicted octanol–water partition coefficient (Wildman–Crippen LogP) is 1.52. The van der Waals surface area contributed by atoms with Crippen molar-refractivity contribution in [3.05, 3.63) is 0 Å². The third-order valence-corrected chi connectivity index (χ3v) is 3.05. The van der Waals surface area contributed by atoms with E-state index in [1.54, 1.807) is 0 Å². The largest absolute Gasteiger partial charge is 0.393 e. The molecule has 0 aromatic carbocycles. The number of hydrazine groups is 1. The van der Waals surface area contributed by atoms with Crippen LogP contribution in [0.1, 0.15) is 46.5 Å². The molecule has 14 heavy (non-hydrogen) atoms. The van der Waals surface area contributed by atoms with Gasteiger partial charge in [-0.05, 0) is 40.0 Å². The molecule has 84 valence electrons. The SMILES string of the molecule is CC(O)CCNN1C(C)CCCC1C. The van der Waals surface area contributed by atoms with Crippen LogP contribution in [0.25, 0.3) is 0 Å². The maximum atomic E-state index is 9.16. The zero-order valence-electron chi connectivity index (χ0n) is 9.66. The van der Waals surface area contributed by atoms with Crippen LogP contribution in [0.4, 0.5) is 0 Å². The lowest BCUT2D eigenvalue weighted by atomic mass is 10.00. The zero-order chi connectivity index (χ0) is 10.6. The van der Waals surface area contributed by atoms with E-state index in [0.29, 0.717) is 12.1 Å². The summed E-state index contributed by atoms with van der Waals surface area (Å²) in [5, 5.41) is 11.5. The van der Waals surface area contributed by atoms with Crippen molar-refractivity contribution in [1.82, 2.24) is 10.4 Å². The van der Waals surface area contributed by atoms with Gasteiger partial charge in [0.05, 0.1) is 6.10 Å². The van der Waals surface area contributed by atoms with Crippen molar-refractivity contribution in [3.8, 4) is 0 Å². The molecule has 1 heterocycles. The van der Waals surface area contributed by atoms with Crippen LogP contribution in [0.5, 0.6) is 0 Å². The average molecular weight is 200 g/mol. The number of nitrogens with one attached hydrogen (secondary N) is 1. The van der Waals surface area contributed by atoms with E-state index < -0.39 is 0 Å². The van der Waals surface area contributed by atoms with Gasteiger partial charge in [-0.25, -0.2) is 5.01 Å². The van der Waals surface area contributed by atoms with Crippen LogP contribution in [0, 0.1) is 0 Å². The highest BCUT2D eigenvalue weighted by molar-refractivity contribution is 4.76. The Bertz CT molecular complexity index is 151. The molecule has 3 atom stereocenters. The smallest absolute Gasteiger partial charge is 0.0524 e. The Morgan fingerprint density at radius 3 is 2.43 bits per heavy atom. The summed E-state index contributed by atoms with van der Waals surface area (Å²) in [6.45, 7) is 7.26. The van der Waals surface area contributed by atoms with Gasteiger partial charge in [0.25, 0.3) is 0 Å². The van der Waals surface area contributed by atoms with Gasteiger partial charge < -0.3 is 5.11 Å². The molecule has 1 aliphatic heterocycles. The molecular formula is C11H24N2O. The average Bonchev–Trinajstić information content (AvgIpc) is 2.09. The van der Waals surface area contributed by atoms with Gasteiger partial charge in [0.15, 0.2) is 0 Å². The molecule has 0 spiro atoms. The third-order valence-electron chi connectivity index (χ3n) is 3.05. The van der Waals surface area contributed by atoms with Crippen LogP contribution in [0.15, 0.2) is 0 Å². The fourth-order valence-corrected chi connectivity index (χ4v) is 2.14. The lowest BCUT2D eigenvalue weighted by Gasteiger charge is -2.39. The first kappa shape index (κ1) is 12.0. The van der Waals surface area contributed by atoms with Crippen molar-refractivity contribution in [2.75, 3.05) is 6.54 Å². The molecule has 0 aromatic heterocycles. The standard InChI is InChI=1S/C11H24N2O/c1-9-5-4-6-10(2)13(9)12-8-7-11(3)14/h9-12,14H,4-8H2,1-3H3. The van der Waals surface area contributed by atoms with E-state index >= 15 is 0 Å². The van der Waals surface area contributed by atoms with E-state index in [9.17, 15) is 0 Å². The number of piperidine rings is 1. The molecular weight excluding hydrogens is 176 g/mol. The Kier molecular flexibility index (Phi) is 4.85. The van der Waals surface area contributed by atoms with Gasteiger partial charge >= 0.3 is 0 Å². The molecule has 0 radical (unpaired) electrons. The second-order valence-electron chi connectivity index (χ2n) is 4.58. The van der Waals surface area contributed by atoms with Gasteiger partial charge in [0, 0.05) is 18.6 Å². The van der Waals surface area contributed by atoms with Gasteiger partial charge in [0.2, 0.25) is 0 Å². The number of nitrogens with zero attached hydrogens (tertiary/aromatic N) is 1. The second-order valence-corrected chi connectivity index (χ2v) is 4.58. The first-order valence-corrected chi connectivity index (χ1v) is 5.81. The molecule has 0 aliphatic carbocycles. The van der Waals surface area contributed by atoms with E-state index in [1.165, 1.54) is 19.3 Å². The lowest BCUT2D eigenvalue weighted by molar-refractivity contribution is 0.0408. The Morgan fingerprint density at radius 2 is 1.93 bits per heavy atom. The fourth-order valence-electron chi connectivity index (χ4n) is 2.14.